The molecule has 0 saturated heterocycles. The maximum atomic E-state index is 5.69. The molecular weight excluding hydrogens is 196 g/mol. The number of hydrogen-bond acceptors (Lipinski definition) is 2. The molecule has 1 aliphatic carbocycles. The molecule has 0 aromatic heterocycles. The van der Waals surface area contributed by atoms with Gasteiger partial charge in [0.1, 0.15) is 0 Å². The van der Waals surface area contributed by atoms with Gasteiger partial charge < -0.3 is 0 Å². The van der Waals surface area contributed by atoms with E-state index in [2.05, 4.69) is 36.6 Å². The van der Waals surface area contributed by atoms with Crippen LogP contribution in [0.5, 0.6) is 0 Å². The number of hydrazine groups is 1. The van der Waals surface area contributed by atoms with Crippen LogP contribution in [0.2, 0.25) is 0 Å². The Kier molecular flexibility index (Phi) is 3.97. The second-order valence-corrected chi connectivity index (χ2v) is 4.83. The highest BCUT2D eigenvalue weighted by atomic mass is 15.2. The van der Waals surface area contributed by atoms with Crippen molar-refractivity contribution in [2.45, 2.75) is 45.1 Å². The minimum atomic E-state index is 0.352. The fourth-order valence-electron chi connectivity index (χ4n) is 2.51. The van der Waals surface area contributed by atoms with E-state index in [1.54, 1.807) is 0 Å². The normalized spacial score (nSPS) is 18.1. The van der Waals surface area contributed by atoms with Crippen LogP contribution in [-0.2, 0) is 6.42 Å². The molecular formula is C14H22N2. The van der Waals surface area contributed by atoms with Gasteiger partial charge in [0.2, 0.25) is 0 Å². The summed E-state index contributed by atoms with van der Waals surface area (Å²) in [6.45, 7) is 2.22. The number of benzene rings is 1. The maximum Gasteiger partial charge on any atom is 0.0488 e. The molecule has 2 nitrogen and oxygen atoms in total. The van der Waals surface area contributed by atoms with Crippen molar-refractivity contribution < 1.29 is 0 Å². The van der Waals surface area contributed by atoms with Gasteiger partial charge in [-0.15, -0.1) is 0 Å². The minimum Gasteiger partial charge on any atom is -0.271 e. The molecule has 1 fully saturated rings. The van der Waals surface area contributed by atoms with E-state index in [0.29, 0.717) is 6.04 Å². The minimum absolute atomic E-state index is 0.352. The van der Waals surface area contributed by atoms with Crippen LogP contribution >= 0.6 is 0 Å². The van der Waals surface area contributed by atoms with Crippen LogP contribution in [0.3, 0.4) is 0 Å². The number of nitrogens with two attached hydrogens (primary N) is 1. The van der Waals surface area contributed by atoms with Crippen molar-refractivity contribution in [1.82, 2.24) is 5.43 Å². The van der Waals surface area contributed by atoms with E-state index in [4.69, 9.17) is 5.84 Å². The number of hydrogen-bond donors (Lipinski definition) is 2. The third-order valence-electron chi connectivity index (χ3n) is 3.65. The van der Waals surface area contributed by atoms with Crippen molar-refractivity contribution in [1.29, 1.82) is 0 Å². The second-order valence-electron chi connectivity index (χ2n) is 4.83. The van der Waals surface area contributed by atoms with Gasteiger partial charge in [0.25, 0.3) is 0 Å². The predicted octanol–water partition coefficient (Wildman–Crippen LogP) is 2.94. The van der Waals surface area contributed by atoms with Crippen LogP contribution in [-0.4, -0.2) is 0 Å². The van der Waals surface area contributed by atoms with E-state index in [1.165, 1.54) is 36.8 Å². The second kappa shape index (κ2) is 5.46. The lowest BCUT2D eigenvalue weighted by Gasteiger charge is -2.33. The Morgan fingerprint density at radius 1 is 1.44 bits per heavy atom. The zero-order valence-corrected chi connectivity index (χ0v) is 10.1. The van der Waals surface area contributed by atoms with E-state index in [0.717, 1.165) is 12.3 Å². The highest BCUT2D eigenvalue weighted by molar-refractivity contribution is 5.27. The van der Waals surface area contributed by atoms with Crippen LogP contribution in [0.15, 0.2) is 24.3 Å². The highest BCUT2D eigenvalue weighted by Crippen LogP contribution is 2.37. The molecule has 0 spiro atoms. The summed E-state index contributed by atoms with van der Waals surface area (Å²) in [5.41, 5.74) is 5.78. The van der Waals surface area contributed by atoms with Crippen LogP contribution in [0.25, 0.3) is 0 Å². The molecule has 1 atom stereocenters. The first-order valence-corrected chi connectivity index (χ1v) is 6.40. The molecule has 0 heterocycles. The Morgan fingerprint density at radius 3 is 2.81 bits per heavy atom. The van der Waals surface area contributed by atoms with Gasteiger partial charge in [0.15, 0.2) is 0 Å². The molecule has 1 saturated carbocycles. The summed E-state index contributed by atoms with van der Waals surface area (Å²) < 4.78 is 0. The fourth-order valence-corrected chi connectivity index (χ4v) is 2.51. The van der Waals surface area contributed by atoms with E-state index < -0.39 is 0 Å². The van der Waals surface area contributed by atoms with Gasteiger partial charge in [-0.25, -0.2) is 0 Å². The lowest BCUT2D eigenvalue weighted by Crippen LogP contribution is -2.36. The number of nitrogens with one attached hydrogen (secondary N) is 1. The first-order chi connectivity index (χ1) is 7.85. The maximum absolute atomic E-state index is 5.69. The van der Waals surface area contributed by atoms with Gasteiger partial charge in [-0.05, 0) is 36.3 Å². The first-order valence-electron chi connectivity index (χ1n) is 6.40. The van der Waals surface area contributed by atoms with Gasteiger partial charge in [0.05, 0.1) is 0 Å². The summed E-state index contributed by atoms with van der Waals surface area (Å²) in [7, 11) is 0. The van der Waals surface area contributed by atoms with Crippen molar-refractivity contribution in [2.75, 3.05) is 0 Å². The molecule has 2 heteroatoms. The SMILES string of the molecule is CCCc1cccc(C(NN)C2CCC2)c1. The van der Waals surface area contributed by atoms with Crippen molar-refractivity contribution in [3.63, 3.8) is 0 Å². The zero-order valence-electron chi connectivity index (χ0n) is 10.1. The molecule has 1 aromatic rings. The van der Waals surface area contributed by atoms with Crippen LogP contribution in [0, 0.1) is 5.92 Å². The molecule has 1 aliphatic rings. The van der Waals surface area contributed by atoms with Gasteiger partial charge >= 0.3 is 0 Å². The number of aryl methyl sites for hydroxylation is 1. The highest BCUT2D eigenvalue weighted by Gasteiger charge is 2.27. The van der Waals surface area contributed by atoms with E-state index in [9.17, 15) is 0 Å². The van der Waals surface area contributed by atoms with E-state index in [1.807, 2.05) is 0 Å². The predicted molar refractivity (Wildman–Crippen MR) is 67.8 cm³/mol. The molecule has 1 unspecified atom stereocenters. The van der Waals surface area contributed by atoms with Gasteiger partial charge in [-0.2, -0.15) is 0 Å². The van der Waals surface area contributed by atoms with Gasteiger partial charge in [0, 0.05) is 6.04 Å². The lowest BCUT2D eigenvalue weighted by atomic mass is 9.77. The Hall–Kier alpha value is -0.860. The van der Waals surface area contributed by atoms with Crippen LogP contribution < -0.4 is 11.3 Å². The molecule has 0 bridgehead atoms. The monoisotopic (exact) mass is 218 g/mol. The fraction of sp³-hybridized carbons (Fsp3) is 0.571. The zero-order chi connectivity index (χ0) is 11.4. The average Bonchev–Trinajstić information content (AvgIpc) is 2.24. The molecule has 1 aromatic carbocycles. The van der Waals surface area contributed by atoms with Crippen molar-refractivity contribution in [3.8, 4) is 0 Å². The summed E-state index contributed by atoms with van der Waals surface area (Å²) in [4.78, 5) is 0. The molecule has 16 heavy (non-hydrogen) atoms. The summed E-state index contributed by atoms with van der Waals surface area (Å²) >= 11 is 0. The van der Waals surface area contributed by atoms with Crippen LogP contribution in [0.1, 0.15) is 49.8 Å². The molecule has 0 radical (unpaired) electrons. The Bertz CT molecular complexity index is 331. The summed E-state index contributed by atoms with van der Waals surface area (Å²) in [6.07, 6.45) is 6.35. The molecule has 3 N–H and O–H groups in total. The molecule has 0 aliphatic heterocycles. The van der Waals surface area contributed by atoms with E-state index in [-0.39, 0.29) is 0 Å². The van der Waals surface area contributed by atoms with Crippen LogP contribution in [0.4, 0.5) is 0 Å². The topological polar surface area (TPSA) is 38.0 Å². The van der Waals surface area contributed by atoms with Crippen molar-refractivity contribution >= 4 is 0 Å². The number of rotatable bonds is 5. The Morgan fingerprint density at radius 2 is 2.25 bits per heavy atom. The third-order valence-corrected chi connectivity index (χ3v) is 3.65. The van der Waals surface area contributed by atoms with Gasteiger partial charge in [-0.3, -0.25) is 11.3 Å². The smallest absolute Gasteiger partial charge is 0.0488 e. The average molecular weight is 218 g/mol. The van der Waals surface area contributed by atoms with Crippen molar-refractivity contribution in [3.05, 3.63) is 35.4 Å². The standard InChI is InChI=1S/C14H22N2/c1-2-5-11-6-3-9-13(10-11)14(16-15)12-7-4-8-12/h3,6,9-10,12,14,16H,2,4-5,7-8,15H2,1H3. The Labute approximate surface area is 98.2 Å². The summed E-state index contributed by atoms with van der Waals surface area (Å²) in [5.74, 6) is 6.43. The molecule has 0 amide bonds. The Balaban J connectivity index is 2.13. The van der Waals surface area contributed by atoms with Gasteiger partial charge in [-0.1, -0.05) is 44.0 Å². The van der Waals surface area contributed by atoms with Crippen molar-refractivity contribution in [2.24, 2.45) is 11.8 Å². The molecule has 2 rings (SSSR count). The molecule has 88 valence electrons. The summed E-state index contributed by atoms with van der Waals surface area (Å²) in [6, 6.07) is 9.23. The van der Waals surface area contributed by atoms with E-state index >= 15 is 0 Å². The first kappa shape index (κ1) is 11.6. The quantitative estimate of drug-likeness (QED) is 0.589. The lowest BCUT2D eigenvalue weighted by molar-refractivity contribution is 0.232. The largest absolute Gasteiger partial charge is 0.271 e. The third kappa shape index (κ3) is 2.45. The summed E-state index contributed by atoms with van der Waals surface area (Å²) in [5, 5.41) is 0.